The van der Waals surface area contributed by atoms with Gasteiger partial charge in [-0.15, -0.1) is 0 Å². The van der Waals surface area contributed by atoms with Crippen molar-refractivity contribution >= 4 is 6.03 Å². The molecule has 3 unspecified atom stereocenters. The Morgan fingerprint density at radius 3 is 2.73 bits per heavy atom. The average Bonchev–Trinajstić information content (AvgIpc) is 3.20. The minimum atomic E-state index is -0.0259. The van der Waals surface area contributed by atoms with Crippen LogP contribution < -0.4 is 10.6 Å². The average molecular weight is 361 g/mol. The second-order valence-electron chi connectivity index (χ2n) is 7.66. The van der Waals surface area contributed by atoms with Crippen molar-refractivity contribution in [2.24, 2.45) is 5.92 Å². The summed E-state index contributed by atoms with van der Waals surface area (Å²) in [5, 5.41) is 6.34. The second kappa shape index (κ2) is 9.35. The molecule has 6 heteroatoms. The summed E-state index contributed by atoms with van der Waals surface area (Å²) in [6.45, 7) is 8.72. The molecule has 2 fully saturated rings. The van der Waals surface area contributed by atoms with Gasteiger partial charge in [0, 0.05) is 58.5 Å². The molecule has 2 aliphatic rings. The van der Waals surface area contributed by atoms with Gasteiger partial charge in [-0.05, 0) is 17.9 Å². The van der Waals surface area contributed by atoms with Gasteiger partial charge in [-0.1, -0.05) is 37.3 Å². The van der Waals surface area contributed by atoms with Crippen LogP contribution in [0.1, 0.15) is 18.9 Å². The Balaban J connectivity index is 1.40. The van der Waals surface area contributed by atoms with Gasteiger partial charge in [0.15, 0.2) is 0 Å². The van der Waals surface area contributed by atoms with Crippen molar-refractivity contribution in [2.45, 2.75) is 32.0 Å². The van der Waals surface area contributed by atoms with Crippen LogP contribution in [0.2, 0.25) is 0 Å². The van der Waals surface area contributed by atoms with Crippen LogP contribution in [-0.2, 0) is 11.3 Å². The number of carbonyl (C=O) groups is 1. The fraction of sp³-hybridized carbons (Fsp3) is 0.650. The lowest BCUT2D eigenvalue weighted by Gasteiger charge is -2.20. The van der Waals surface area contributed by atoms with Crippen LogP contribution in [0.4, 0.5) is 4.79 Å². The van der Waals surface area contributed by atoms with E-state index in [-0.39, 0.29) is 18.1 Å². The van der Waals surface area contributed by atoms with E-state index in [1.807, 2.05) is 6.07 Å². The lowest BCUT2D eigenvalue weighted by atomic mass is 10.1. The van der Waals surface area contributed by atoms with E-state index in [9.17, 15) is 4.79 Å². The minimum Gasteiger partial charge on any atom is -0.383 e. The van der Waals surface area contributed by atoms with E-state index in [0.717, 1.165) is 52.3 Å². The van der Waals surface area contributed by atoms with Crippen molar-refractivity contribution in [3.63, 3.8) is 0 Å². The van der Waals surface area contributed by atoms with Crippen molar-refractivity contribution < 1.29 is 9.53 Å². The molecule has 0 bridgehead atoms. The molecule has 0 aromatic heterocycles. The molecule has 0 spiro atoms. The number of rotatable bonds is 7. The molecule has 26 heavy (non-hydrogen) atoms. The third kappa shape index (κ3) is 5.43. The highest BCUT2D eigenvalue weighted by molar-refractivity contribution is 5.74. The predicted molar refractivity (Wildman–Crippen MR) is 103 cm³/mol. The van der Waals surface area contributed by atoms with Gasteiger partial charge in [0.05, 0.1) is 6.61 Å². The summed E-state index contributed by atoms with van der Waals surface area (Å²) < 4.78 is 5.13. The molecular formula is C20H32N4O2. The first-order valence-electron chi connectivity index (χ1n) is 9.68. The third-order valence-corrected chi connectivity index (χ3v) is 5.47. The number of nitrogens with one attached hydrogen (secondary N) is 2. The van der Waals surface area contributed by atoms with Gasteiger partial charge in [-0.2, -0.15) is 0 Å². The molecule has 1 aromatic carbocycles. The summed E-state index contributed by atoms with van der Waals surface area (Å²) >= 11 is 0. The van der Waals surface area contributed by atoms with E-state index in [0.29, 0.717) is 5.92 Å². The normalized spacial score (nSPS) is 26.9. The molecule has 2 saturated heterocycles. The number of methoxy groups -OCH3 is 1. The highest BCUT2D eigenvalue weighted by Gasteiger charge is 2.31. The number of urea groups is 1. The number of carbonyl (C=O) groups excluding carboxylic acids is 1. The summed E-state index contributed by atoms with van der Waals surface area (Å²) in [6, 6.07) is 11.0. The van der Waals surface area contributed by atoms with Crippen LogP contribution in [0.5, 0.6) is 0 Å². The van der Waals surface area contributed by atoms with E-state index in [4.69, 9.17) is 4.74 Å². The highest BCUT2D eigenvalue weighted by atomic mass is 16.5. The van der Waals surface area contributed by atoms with Gasteiger partial charge >= 0.3 is 6.03 Å². The van der Waals surface area contributed by atoms with Gasteiger partial charge in [0.2, 0.25) is 0 Å². The quantitative estimate of drug-likeness (QED) is 0.774. The summed E-state index contributed by atoms with van der Waals surface area (Å²) in [5.74, 6) is 0.464. The summed E-state index contributed by atoms with van der Waals surface area (Å²) in [6.07, 6.45) is 1.01. The summed E-state index contributed by atoms with van der Waals surface area (Å²) in [7, 11) is 1.73. The lowest BCUT2D eigenvalue weighted by molar-refractivity contribution is 0.159. The molecule has 1 aromatic rings. The van der Waals surface area contributed by atoms with Gasteiger partial charge < -0.3 is 15.4 Å². The number of nitrogens with zero attached hydrogens (tertiary/aromatic N) is 2. The molecule has 2 amide bonds. The van der Waals surface area contributed by atoms with Crippen LogP contribution in [0.3, 0.4) is 0 Å². The van der Waals surface area contributed by atoms with Crippen LogP contribution in [0.15, 0.2) is 30.3 Å². The minimum absolute atomic E-state index is 0.0259. The number of likely N-dealkylation sites (tertiary alicyclic amines) is 2. The van der Waals surface area contributed by atoms with Crippen LogP contribution >= 0.6 is 0 Å². The molecule has 2 aliphatic heterocycles. The Morgan fingerprint density at radius 2 is 1.96 bits per heavy atom. The maximum atomic E-state index is 12.4. The smallest absolute Gasteiger partial charge is 0.315 e. The van der Waals surface area contributed by atoms with E-state index >= 15 is 0 Å². The highest BCUT2D eigenvalue weighted by Crippen LogP contribution is 2.19. The first kappa shape index (κ1) is 19.1. The number of ether oxygens (including phenoxy) is 1. The third-order valence-electron chi connectivity index (χ3n) is 5.47. The first-order valence-corrected chi connectivity index (χ1v) is 9.68. The molecule has 144 valence electrons. The van der Waals surface area contributed by atoms with E-state index in [1.165, 1.54) is 5.56 Å². The molecule has 6 nitrogen and oxygen atoms in total. The molecular weight excluding hydrogens is 328 g/mol. The van der Waals surface area contributed by atoms with Crippen LogP contribution in [-0.4, -0.2) is 74.4 Å². The van der Waals surface area contributed by atoms with E-state index in [2.05, 4.69) is 51.6 Å². The van der Waals surface area contributed by atoms with Gasteiger partial charge in [-0.25, -0.2) is 4.79 Å². The lowest BCUT2D eigenvalue weighted by Crippen LogP contribution is -2.49. The fourth-order valence-corrected chi connectivity index (χ4v) is 4.00. The number of amides is 2. The zero-order chi connectivity index (χ0) is 18.4. The molecule has 0 aliphatic carbocycles. The summed E-state index contributed by atoms with van der Waals surface area (Å²) in [5.41, 5.74) is 1.33. The first-order chi connectivity index (χ1) is 12.6. The summed E-state index contributed by atoms with van der Waals surface area (Å²) in [4.78, 5) is 17.2. The molecule has 0 saturated carbocycles. The second-order valence-corrected chi connectivity index (χ2v) is 7.66. The topological polar surface area (TPSA) is 56.8 Å². The van der Waals surface area contributed by atoms with Crippen LogP contribution in [0, 0.1) is 5.92 Å². The van der Waals surface area contributed by atoms with E-state index < -0.39 is 0 Å². The van der Waals surface area contributed by atoms with Crippen molar-refractivity contribution in [3.05, 3.63) is 35.9 Å². The maximum absolute atomic E-state index is 12.4. The van der Waals surface area contributed by atoms with Gasteiger partial charge in [-0.3, -0.25) is 9.80 Å². The zero-order valence-electron chi connectivity index (χ0n) is 16.0. The largest absolute Gasteiger partial charge is 0.383 e. The number of hydrogen-bond donors (Lipinski definition) is 2. The Morgan fingerprint density at radius 1 is 1.15 bits per heavy atom. The molecule has 3 rings (SSSR count). The Labute approximate surface area is 156 Å². The molecule has 0 radical (unpaired) electrons. The van der Waals surface area contributed by atoms with Crippen molar-refractivity contribution in [2.75, 3.05) is 46.4 Å². The Kier molecular flexibility index (Phi) is 6.88. The number of benzene rings is 1. The monoisotopic (exact) mass is 360 g/mol. The predicted octanol–water partition coefficient (Wildman–Crippen LogP) is 1.53. The Bertz CT molecular complexity index is 568. The molecule has 3 atom stereocenters. The van der Waals surface area contributed by atoms with Gasteiger partial charge in [0.1, 0.15) is 0 Å². The number of hydrogen-bond acceptors (Lipinski definition) is 4. The SMILES string of the molecule is COCCN1CCC(NC(=O)NC2CN(Cc3ccccc3)CC2C)C1. The Hall–Kier alpha value is -1.63. The van der Waals surface area contributed by atoms with Crippen molar-refractivity contribution in [1.29, 1.82) is 0 Å². The van der Waals surface area contributed by atoms with Crippen molar-refractivity contribution in [1.82, 2.24) is 20.4 Å². The van der Waals surface area contributed by atoms with Crippen LogP contribution in [0.25, 0.3) is 0 Å². The fourth-order valence-electron chi connectivity index (χ4n) is 4.00. The van der Waals surface area contributed by atoms with E-state index in [1.54, 1.807) is 7.11 Å². The standard InChI is InChI=1S/C20H32N4O2/c1-16-12-24(13-17-6-4-3-5-7-17)15-19(16)22-20(25)21-18-8-9-23(14-18)10-11-26-2/h3-7,16,18-19H,8-15H2,1-2H3,(H2,21,22,25). The molecule has 2 heterocycles. The zero-order valence-corrected chi connectivity index (χ0v) is 16.0. The van der Waals surface area contributed by atoms with Gasteiger partial charge in [0.25, 0.3) is 0 Å². The van der Waals surface area contributed by atoms with Crippen molar-refractivity contribution in [3.8, 4) is 0 Å². The maximum Gasteiger partial charge on any atom is 0.315 e. The molecule has 2 N–H and O–H groups in total.